The van der Waals surface area contributed by atoms with E-state index in [0.29, 0.717) is 0 Å². The minimum atomic E-state index is 0.235. The van der Waals surface area contributed by atoms with Crippen LogP contribution < -0.4 is 5.32 Å². The number of aryl methyl sites for hydroxylation is 1. The van der Waals surface area contributed by atoms with Gasteiger partial charge in [-0.25, -0.2) is 4.98 Å². The maximum Gasteiger partial charge on any atom is 0.115 e. The predicted molar refractivity (Wildman–Crippen MR) is 57.4 cm³/mol. The summed E-state index contributed by atoms with van der Waals surface area (Å²) in [5, 5.41) is 10.5. The first kappa shape index (κ1) is 9.21. The number of thiazole rings is 1. The normalized spacial score (nSPS) is 12.7. The lowest BCUT2D eigenvalue weighted by Gasteiger charge is -2.09. The number of aromatic nitrogens is 3. The van der Waals surface area contributed by atoms with Crippen LogP contribution in [0.15, 0.2) is 24.0 Å². The summed E-state index contributed by atoms with van der Waals surface area (Å²) in [7, 11) is 1.90. The third kappa shape index (κ3) is 1.93. The van der Waals surface area contributed by atoms with E-state index in [1.54, 1.807) is 16.0 Å². The summed E-state index contributed by atoms with van der Waals surface area (Å²) in [6.45, 7) is 2.09. The largest absolute Gasteiger partial charge is 0.374 e. The summed E-state index contributed by atoms with van der Waals surface area (Å²) >= 11 is 1.66. The third-order valence-electron chi connectivity index (χ3n) is 1.91. The van der Waals surface area contributed by atoms with Crippen LogP contribution in [0.2, 0.25) is 0 Å². The molecular formula is C9H12N4S. The monoisotopic (exact) mass is 208 g/mol. The van der Waals surface area contributed by atoms with Crippen LogP contribution in [-0.2, 0) is 7.05 Å². The highest BCUT2D eigenvalue weighted by Crippen LogP contribution is 2.19. The highest BCUT2D eigenvalue weighted by molar-refractivity contribution is 7.09. The zero-order chi connectivity index (χ0) is 9.97. The second-order valence-electron chi connectivity index (χ2n) is 3.14. The molecule has 74 valence electrons. The molecule has 0 aliphatic heterocycles. The Morgan fingerprint density at radius 1 is 1.57 bits per heavy atom. The smallest absolute Gasteiger partial charge is 0.115 e. The van der Waals surface area contributed by atoms with Gasteiger partial charge in [-0.05, 0) is 6.92 Å². The molecule has 5 heteroatoms. The van der Waals surface area contributed by atoms with Crippen molar-refractivity contribution in [1.29, 1.82) is 0 Å². The van der Waals surface area contributed by atoms with Crippen molar-refractivity contribution in [2.75, 3.05) is 5.32 Å². The molecule has 14 heavy (non-hydrogen) atoms. The van der Waals surface area contributed by atoms with Gasteiger partial charge in [0.2, 0.25) is 0 Å². The predicted octanol–water partition coefficient (Wildman–Crippen LogP) is 2.05. The van der Waals surface area contributed by atoms with E-state index in [4.69, 9.17) is 0 Å². The van der Waals surface area contributed by atoms with Gasteiger partial charge in [0.05, 0.1) is 17.9 Å². The molecule has 0 radical (unpaired) electrons. The quantitative estimate of drug-likeness (QED) is 0.839. The topological polar surface area (TPSA) is 42.7 Å². The maximum atomic E-state index is 4.25. The van der Waals surface area contributed by atoms with Gasteiger partial charge >= 0.3 is 0 Å². The van der Waals surface area contributed by atoms with Gasteiger partial charge in [0.25, 0.3) is 0 Å². The molecule has 0 aliphatic rings. The molecule has 2 rings (SSSR count). The van der Waals surface area contributed by atoms with E-state index >= 15 is 0 Å². The molecule has 0 fully saturated rings. The third-order valence-corrected chi connectivity index (χ3v) is 2.87. The summed E-state index contributed by atoms with van der Waals surface area (Å²) in [5.74, 6) is 0. The number of anilines is 1. The molecular weight excluding hydrogens is 196 g/mol. The summed E-state index contributed by atoms with van der Waals surface area (Å²) in [6.07, 6.45) is 5.58. The Kier molecular flexibility index (Phi) is 2.49. The summed E-state index contributed by atoms with van der Waals surface area (Å²) in [5.41, 5.74) is 1.02. The lowest BCUT2D eigenvalue weighted by molar-refractivity contribution is 0.767. The van der Waals surface area contributed by atoms with Gasteiger partial charge in [0, 0.05) is 24.8 Å². The molecule has 0 aromatic carbocycles. The molecule has 1 N–H and O–H groups in total. The van der Waals surface area contributed by atoms with E-state index < -0.39 is 0 Å². The maximum absolute atomic E-state index is 4.25. The average molecular weight is 208 g/mol. The molecule has 0 saturated carbocycles. The van der Waals surface area contributed by atoms with E-state index in [0.717, 1.165) is 10.7 Å². The molecule has 0 spiro atoms. The molecule has 1 atom stereocenters. The van der Waals surface area contributed by atoms with Crippen LogP contribution in [-0.4, -0.2) is 14.8 Å². The molecule has 0 bridgehead atoms. The van der Waals surface area contributed by atoms with Gasteiger partial charge in [-0.3, -0.25) is 4.68 Å². The number of hydrogen-bond donors (Lipinski definition) is 1. The van der Waals surface area contributed by atoms with Gasteiger partial charge in [-0.15, -0.1) is 11.3 Å². The van der Waals surface area contributed by atoms with Crippen molar-refractivity contribution < 1.29 is 0 Å². The van der Waals surface area contributed by atoms with Crippen molar-refractivity contribution in [2.45, 2.75) is 13.0 Å². The second-order valence-corrected chi connectivity index (χ2v) is 4.07. The molecule has 0 saturated heterocycles. The molecule has 2 heterocycles. The van der Waals surface area contributed by atoms with Crippen LogP contribution >= 0.6 is 11.3 Å². The van der Waals surface area contributed by atoms with E-state index in [2.05, 4.69) is 22.3 Å². The first-order valence-corrected chi connectivity index (χ1v) is 5.28. The first-order valence-electron chi connectivity index (χ1n) is 4.40. The van der Waals surface area contributed by atoms with Crippen molar-refractivity contribution in [3.8, 4) is 0 Å². The van der Waals surface area contributed by atoms with E-state index in [-0.39, 0.29) is 6.04 Å². The Balaban J connectivity index is 2.05. The minimum absolute atomic E-state index is 0.235. The van der Waals surface area contributed by atoms with Crippen LogP contribution in [0, 0.1) is 0 Å². The summed E-state index contributed by atoms with van der Waals surface area (Å²) < 4.78 is 1.77. The van der Waals surface area contributed by atoms with Crippen molar-refractivity contribution in [2.24, 2.45) is 7.05 Å². The summed E-state index contributed by atoms with van der Waals surface area (Å²) in [6, 6.07) is 0.235. The Bertz CT molecular complexity index is 393. The SMILES string of the molecule is C[C@H](Nc1cnn(C)c1)c1nccs1. The number of nitrogens with zero attached hydrogens (tertiary/aromatic N) is 3. The Morgan fingerprint density at radius 3 is 3.00 bits per heavy atom. The lowest BCUT2D eigenvalue weighted by Crippen LogP contribution is -2.05. The van der Waals surface area contributed by atoms with Crippen LogP contribution in [0.4, 0.5) is 5.69 Å². The number of hydrogen-bond acceptors (Lipinski definition) is 4. The average Bonchev–Trinajstić information content (AvgIpc) is 2.75. The van der Waals surface area contributed by atoms with E-state index in [1.165, 1.54) is 0 Å². The second kappa shape index (κ2) is 3.79. The van der Waals surface area contributed by atoms with E-state index in [1.807, 2.05) is 31.0 Å². The van der Waals surface area contributed by atoms with Gasteiger partial charge in [-0.1, -0.05) is 0 Å². The van der Waals surface area contributed by atoms with Crippen molar-refractivity contribution in [1.82, 2.24) is 14.8 Å². The number of nitrogens with one attached hydrogen (secondary N) is 1. The molecule has 2 aromatic heterocycles. The van der Waals surface area contributed by atoms with Gasteiger partial charge in [0.1, 0.15) is 5.01 Å². The van der Waals surface area contributed by atoms with Crippen molar-refractivity contribution in [3.05, 3.63) is 29.0 Å². The van der Waals surface area contributed by atoms with Crippen molar-refractivity contribution in [3.63, 3.8) is 0 Å². The Morgan fingerprint density at radius 2 is 2.43 bits per heavy atom. The summed E-state index contributed by atoms with van der Waals surface area (Å²) in [4.78, 5) is 4.25. The highest BCUT2D eigenvalue weighted by Gasteiger charge is 2.07. The fraction of sp³-hybridized carbons (Fsp3) is 0.333. The standard InChI is InChI=1S/C9H12N4S/c1-7(9-10-3-4-14-9)12-8-5-11-13(2)6-8/h3-7,12H,1-2H3/t7-/m0/s1. The molecule has 0 amide bonds. The molecule has 0 unspecified atom stereocenters. The fourth-order valence-electron chi connectivity index (χ4n) is 1.26. The Labute approximate surface area is 86.6 Å². The minimum Gasteiger partial charge on any atom is -0.374 e. The molecule has 4 nitrogen and oxygen atoms in total. The zero-order valence-corrected chi connectivity index (χ0v) is 8.95. The van der Waals surface area contributed by atoms with Gasteiger partial charge in [-0.2, -0.15) is 5.10 Å². The van der Waals surface area contributed by atoms with Gasteiger partial charge < -0.3 is 5.32 Å². The fourth-order valence-corrected chi connectivity index (χ4v) is 1.90. The first-order chi connectivity index (χ1) is 6.75. The number of rotatable bonds is 3. The van der Waals surface area contributed by atoms with Crippen LogP contribution in [0.1, 0.15) is 18.0 Å². The molecule has 2 aromatic rings. The Hall–Kier alpha value is -1.36. The lowest BCUT2D eigenvalue weighted by atomic mass is 10.3. The van der Waals surface area contributed by atoms with Crippen molar-refractivity contribution >= 4 is 17.0 Å². The van der Waals surface area contributed by atoms with E-state index in [9.17, 15) is 0 Å². The van der Waals surface area contributed by atoms with Crippen LogP contribution in [0.3, 0.4) is 0 Å². The highest BCUT2D eigenvalue weighted by atomic mass is 32.1. The van der Waals surface area contributed by atoms with Gasteiger partial charge in [0.15, 0.2) is 0 Å². The zero-order valence-electron chi connectivity index (χ0n) is 8.14. The van der Waals surface area contributed by atoms with Crippen LogP contribution in [0.5, 0.6) is 0 Å². The molecule has 0 aliphatic carbocycles. The van der Waals surface area contributed by atoms with Crippen LogP contribution in [0.25, 0.3) is 0 Å².